The van der Waals surface area contributed by atoms with Gasteiger partial charge in [0.15, 0.2) is 0 Å². The van der Waals surface area contributed by atoms with Crippen molar-refractivity contribution in [3.8, 4) is 0 Å². The first-order valence-corrected chi connectivity index (χ1v) is 6.37. The van der Waals surface area contributed by atoms with Crippen molar-refractivity contribution in [1.82, 2.24) is 14.8 Å². The van der Waals surface area contributed by atoms with Crippen molar-refractivity contribution in [3.63, 3.8) is 0 Å². The Hall–Kier alpha value is -2.21. The molecule has 1 aromatic carbocycles. The lowest BCUT2D eigenvalue weighted by Gasteiger charge is -2.06. The molecule has 0 aliphatic heterocycles. The van der Waals surface area contributed by atoms with Crippen LogP contribution in [0.5, 0.6) is 0 Å². The Labute approximate surface area is 131 Å². The minimum Gasteiger partial charge on any atom is -0.267 e. The number of aromatic nitrogens is 3. The van der Waals surface area contributed by atoms with Crippen molar-refractivity contribution in [1.29, 1.82) is 0 Å². The summed E-state index contributed by atoms with van der Waals surface area (Å²) < 4.78 is 1.35. The van der Waals surface area contributed by atoms with Gasteiger partial charge < -0.3 is 0 Å². The van der Waals surface area contributed by atoms with Crippen LogP contribution in [0.3, 0.4) is 0 Å². The molecule has 0 saturated heterocycles. The van der Waals surface area contributed by atoms with E-state index in [1.165, 1.54) is 4.68 Å². The standard InChI is InChI=1S/C15H13N3O2.BrH/c19-14-12-6-1-2-7-13(12)15(20)18(17-14)10-8-11-5-3-4-9-16-11;/h1-7,9H,8,10H2,(H,17,19);1H. The zero-order valence-electron chi connectivity index (χ0n) is 11.2. The summed E-state index contributed by atoms with van der Waals surface area (Å²) in [7, 11) is 0. The molecule has 0 fully saturated rings. The zero-order valence-corrected chi connectivity index (χ0v) is 12.9. The van der Waals surface area contributed by atoms with Crippen LogP contribution in [-0.4, -0.2) is 14.8 Å². The van der Waals surface area contributed by atoms with Gasteiger partial charge in [-0.2, -0.15) is 0 Å². The number of aryl methyl sites for hydroxylation is 2. The Morgan fingerprint density at radius 3 is 2.43 bits per heavy atom. The summed E-state index contributed by atoms with van der Waals surface area (Å²) in [6.07, 6.45) is 2.30. The second kappa shape index (κ2) is 6.49. The summed E-state index contributed by atoms with van der Waals surface area (Å²) in [6, 6.07) is 12.5. The van der Waals surface area contributed by atoms with Gasteiger partial charge in [0.25, 0.3) is 11.1 Å². The maximum atomic E-state index is 12.3. The lowest BCUT2D eigenvalue weighted by Crippen LogP contribution is -2.30. The monoisotopic (exact) mass is 347 g/mol. The minimum atomic E-state index is -0.249. The van der Waals surface area contributed by atoms with E-state index < -0.39 is 0 Å². The average molecular weight is 348 g/mol. The van der Waals surface area contributed by atoms with E-state index in [9.17, 15) is 9.59 Å². The number of H-pyrrole nitrogens is 1. The molecule has 108 valence electrons. The number of hydrogen-bond donors (Lipinski definition) is 1. The van der Waals surface area contributed by atoms with Gasteiger partial charge in [0.05, 0.1) is 10.8 Å². The van der Waals surface area contributed by atoms with Gasteiger partial charge in [-0.3, -0.25) is 19.7 Å². The first-order chi connectivity index (χ1) is 9.75. The lowest BCUT2D eigenvalue weighted by atomic mass is 10.2. The Morgan fingerprint density at radius 2 is 1.71 bits per heavy atom. The van der Waals surface area contributed by atoms with Crippen LogP contribution in [0.1, 0.15) is 5.69 Å². The molecule has 0 radical (unpaired) electrons. The van der Waals surface area contributed by atoms with E-state index in [-0.39, 0.29) is 28.1 Å². The molecular formula is C15H14BrN3O2. The number of benzene rings is 1. The quantitative estimate of drug-likeness (QED) is 0.786. The molecular weight excluding hydrogens is 334 g/mol. The summed E-state index contributed by atoms with van der Waals surface area (Å²) in [5.41, 5.74) is 0.450. The molecule has 2 heterocycles. The first kappa shape index (κ1) is 15.2. The van der Waals surface area contributed by atoms with Crippen LogP contribution in [0, 0.1) is 0 Å². The van der Waals surface area contributed by atoms with E-state index in [2.05, 4.69) is 10.1 Å². The molecule has 3 rings (SSSR count). The lowest BCUT2D eigenvalue weighted by molar-refractivity contribution is 0.572. The number of fused-ring (bicyclic) bond motifs is 1. The van der Waals surface area contributed by atoms with Gasteiger partial charge in [-0.1, -0.05) is 18.2 Å². The third-order valence-corrected chi connectivity index (χ3v) is 3.20. The average Bonchev–Trinajstić information content (AvgIpc) is 2.50. The third kappa shape index (κ3) is 3.11. The fraction of sp³-hybridized carbons (Fsp3) is 0.133. The van der Waals surface area contributed by atoms with Gasteiger partial charge in [0.1, 0.15) is 0 Å². The Balaban J connectivity index is 0.00000161. The molecule has 2 aromatic heterocycles. The van der Waals surface area contributed by atoms with E-state index in [1.54, 1.807) is 30.5 Å². The predicted molar refractivity (Wildman–Crippen MR) is 87.1 cm³/mol. The minimum absolute atomic E-state index is 0. The van der Waals surface area contributed by atoms with E-state index in [0.29, 0.717) is 23.7 Å². The van der Waals surface area contributed by atoms with Gasteiger partial charge in [-0.05, 0) is 24.3 Å². The molecule has 0 amide bonds. The molecule has 6 heteroatoms. The number of nitrogens with one attached hydrogen (secondary N) is 1. The molecule has 5 nitrogen and oxygen atoms in total. The summed E-state index contributed by atoms with van der Waals surface area (Å²) in [6.45, 7) is 0.399. The van der Waals surface area contributed by atoms with E-state index in [4.69, 9.17) is 0 Å². The highest BCUT2D eigenvalue weighted by atomic mass is 79.9. The fourth-order valence-electron chi connectivity index (χ4n) is 2.18. The highest BCUT2D eigenvalue weighted by molar-refractivity contribution is 8.93. The maximum absolute atomic E-state index is 12.3. The maximum Gasteiger partial charge on any atom is 0.273 e. The van der Waals surface area contributed by atoms with Crippen molar-refractivity contribution >= 4 is 27.8 Å². The van der Waals surface area contributed by atoms with Crippen LogP contribution in [0.2, 0.25) is 0 Å². The number of nitrogens with zero attached hydrogens (tertiary/aromatic N) is 2. The van der Waals surface area contributed by atoms with Crippen molar-refractivity contribution in [3.05, 3.63) is 75.1 Å². The molecule has 0 saturated carbocycles. The number of rotatable bonds is 3. The van der Waals surface area contributed by atoms with Crippen LogP contribution in [0.4, 0.5) is 0 Å². The zero-order chi connectivity index (χ0) is 13.9. The Morgan fingerprint density at radius 1 is 1.00 bits per heavy atom. The molecule has 3 aromatic rings. The predicted octanol–water partition coefficient (Wildman–Crippen LogP) is 1.91. The smallest absolute Gasteiger partial charge is 0.267 e. The number of hydrogen-bond acceptors (Lipinski definition) is 3. The Bertz CT molecular complexity index is 856. The van der Waals surface area contributed by atoms with Crippen molar-refractivity contribution in [2.75, 3.05) is 0 Å². The normalized spacial score (nSPS) is 10.3. The summed E-state index contributed by atoms with van der Waals surface area (Å²) in [5, 5.41) is 3.47. The molecule has 0 atom stereocenters. The van der Waals surface area contributed by atoms with E-state index >= 15 is 0 Å². The van der Waals surface area contributed by atoms with Gasteiger partial charge in [0, 0.05) is 24.9 Å². The van der Waals surface area contributed by atoms with Crippen molar-refractivity contribution in [2.24, 2.45) is 0 Å². The Kier molecular flexibility index (Phi) is 4.70. The highest BCUT2D eigenvalue weighted by Gasteiger charge is 2.06. The molecule has 1 N–H and O–H groups in total. The van der Waals surface area contributed by atoms with Crippen LogP contribution >= 0.6 is 17.0 Å². The van der Waals surface area contributed by atoms with Crippen LogP contribution in [0.25, 0.3) is 10.8 Å². The SMILES string of the molecule is Br.O=c1[nH]n(CCc2ccccn2)c(=O)c2ccccc12. The molecule has 0 aliphatic carbocycles. The first-order valence-electron chi connectivity index (χ1n) is 6.37. The molecule has 0 spiro atoms. The largest absolute Gasteiger partial charge is 0.273 e. The number of halogens is 1. The highest BCUT2D eigenvalue weighted by Crippen LogP contribution is 2.03. The summed E-state index contributed by atoms with van der Waals surface area (Å²) in [5.74, 6) is 0. The summed E-state index contributed by atoms with van der Waals surface area (Å²) >= 11 is 0. The van der Waals surface area contributed by atoms with Gasteiger partial charge in [-0.15, -0.1) is 17.0 Å². The second-order valence-corrected chi connectivity index (χ2v) is 4.51. The number of aromatic amines is 1. The molecule has 0 aliphatic rings. The summed E-state index contributed by atoms with van der Waals surface area (Å²) in [4.78, 5) is 28.4. The van der Waals surface area contributed by atoms with E-state index in [0.717, 1.165) is 5.69 Å². The third-order valence-electron chi connectivity index (χ3n) is 3.20. The van der Waals surface area contributed by atoms with Gasteiger partial charge in [0.2, 0.25) is 0 Å². The van der Waals surface area contributed by atoms with Crippen LogP contribution in [0.15, 0.2) is 58.3 Å². The van der Waals surface area contributed by atoms with Gasteiger partial charge in [-0.25, -0.2) is 4.68 Å². The second-order valence-electron chi connectivity index (χ2n) is 4.51. The van der Waals surface area contributed by atoms with E-state index in [1.807, 2.05) is 18.2 Å². The molecule has 0 bridgehead atoms. The number of pyridine rings is 1. The van der Waals surface area contributed by atoms with Gasteiger partial charge >= 0.3 is 0 Å². The fourth-order valence-corrected chi connectivity index (χ4v) is 2.18. The molecule has 21 heavy (non-hydrogen) atoms. The topological polar surface area (TPSA) is 67.8 Å². The van der Waals surface area contributed by atoms with Crippen molar-refractivity contribution in [2.45, 2.75) is 13.0 Å². The van der Waals surface area contributed by atoms with Crippen molar-refractivity contribution < 1.29 is 0 Å². The van der Waals surface area contributed by atoms with Crippen LogP contribution in [-0.2, 0) is 13.0 Å². The molecule has 0 unspecified atom stereocenters. The van der Waals surface area contributed by atoms with Crippen LogP contribution < -0.4 is 11.1 Å².